The molecule has 0 saturated carbocycles. The van der Waals surface area contributed by atoms with Crippen LogP contribution in [0.25, 0.3) is 0 Å². The molecular weight excluding hydrogens is 727 g/mol. The van der Waals surface area contributed by atoms with E-state index >= 15 is 0 Å². The summed E-state index contributed by atoms with van der Waals surface area (Å²) in [5.74, 6) is -1.49. The van der Waals surface area contributed by atoms with E-state index in [4.69, 9.17) is 9.98 Å². The zero-order chi connectivity index (χ0) is 40.4. The fourth-order valence-electron chi connectivity index (χ4n) is 8.17. The number of fused-ring (bicyclic) bond motifs is 1. The van der Waals surface area contributed by atoms with Crippen molar-refractivity contribution in [3.05, 3.63) is 101 Å². The van der Waals surface area contributed by atoms with Crippen molar-refractivity contribution in [3.8, 4) is 0 Å². The molecule has 5 heterocycles. The molecule has 7 rings (SSSR count). The first-order valence-electron chi connectivity index (χ1n) is 19.4. The predicted molar refractivity (Wildman–Crippen MR) is 214 cm³/mol. The van der Waals surface area contributed by atoms with Crippen LogP contribution in [-0.2, 0) is 36.8 Å². The first-order chi connectivity index (χ1) is 27.6. The van der Waals surface area contributed by atoms with Crippen molar-refractivity contribution in [1.82, 2.24) is 30.0 Å². The lowest BCUT2D eigenvalue weighted by Gasteiger charge is -2.38. The minimum Gasteiger partial charge on any atom is -0.387 e. The number of hydrogen-bond donors (Lipinski definition) is 2. The summed E-state index contributed by atoms with van der Waals surface area (Å²) in [5, 5.41) is 15.9. The summed E-state index contributed by atoms with van der Waals surface area (Å²) in [6.07, 6.45) is 6.89. The highest BCUT2D eigenvalue weighted by Crippen LogP contribution is 2.36. The van der Waals surface area contributed by atoms with Crippen molar-refractivity contribution in [2.45, 2.75) is 64.5 Å². The number of benzene rings is 1. The highest BCUT2D eigenvalue weighted by Gasteiger charge is 2.47. The highest BCUT2D eigenvalue weighted by molar-refractivity contribution is 6.31. The standard InChI is InChI=1S/C42H47N9O6/c1-5-19-49-40(55)30(25-43-4)38(51(49)34-16-11-27-10-15-33(52)37(27)45-34)44-28-12-8-26(9-13-28)18-20-47-21-23-48(24-22-47)31(7-3)36-29(6-2)41(56)50(42(36)57)32-14-17-35(53)46-39(32)54/h5,7-9,11-13,16,25,32-33,52H,1,4,6,10,14-15,17-24H2,2-3H3,(H,46,53,54)/b30-25+,31-7+,44-38?. The van der Waals surface area contributed by atoms with Crippen LogP contribution in [0.1, 0.15) is 62.5 Å². The second-order valence-corrected chi connectivity index (χ2v) is 14.5. The van der Waals surface area contributed by atoms with Gasteiger partial charge in [-0.25, -0.2) is 20.0 Å². The van der Waals surface area contributed by atoms with Crippen molar-refractivity contribution < 1.29 is 29.1 Å². The summed E-state index contributed by atoms with van der Waals surface area (Å²) in [5.41, 5.74) is 5.02. The number of piperidine rings is 1. The van der Waals surface area contributed by atoms with Crippen molar-refractivity contribution in [3.63, 3.8) is 0 Å². The third-order valence-electron chi connectivity index (χ3n) is 11.1. The Morgan fingerprint density at radius 2 is 1.74 bits per heavy atom. The monoisotopic (exact) mass is 773 g/mol. The largest absolute Gasteiger partial charge is 0.387 e. The maximum Gasteiger partial charge on any atom is 0.278 e. The van der Waals surface area contributed by atoms with Crippen LogP contribution in [0, 0.1) is 0 Å². The molecule has 1 aromatic heterocycles. The number of anilines is 1. The Morgan fingerprint density at radius 3 is 2.40 bits per heavy atom. The number of piperazine rings is 1. The number of aryl methyl sites for hydroxylation is 1. The molecule has 0 radical (unpaired) electrons. The number of carbonyl (C=O) groups is 5. The number of rotatable bonds is 12. The minimum absolute atomic E-state index is 0.0747. The van der Waals surface area contributed by atoms with Gasteiger partial charge in [-0.15, -0.1) is 6.58 Å². The molecule has 4 aliphatic heterocycles. The van der Waals surface area contributed by atoms with Crippen LogP contribution in [0.3, 0.4) is 0 Å². The average molecular weight is 774 g/mol. The SMILES string of the molecule is C=CCN1C(=O)/C(=C/N=C)C(=Nc2ccc(CCN3CCN(/C(=C/C)C4=C(CC)C(=O)N(C5CCC(=O)NC5=O)C4=O)CC3)cc2)N1c1ccc2c(n1)C(O)CC2. The number of amides is 5. The molecule has 3 fully saturated rings. The summed E-state index contributed by atoms with van der Waals surface area (Å²) < 4.78 is 0. The molecule has 15 nitrogen and oxygen atoms in total. The van der Waals surface area contributed by atoms with E-state index in [0.717, 1.165) is 48.5 Å². The highest BCUT2D eigenvalue weighted by atomic mass is 16.3. The van der Waals surface area contributed by atoms with Gasteiger partial charge in [0.2, 0.25) is 11.8 Å². The van der Waals surface area contributed by atoms with Gasteiger partial charge < -0.3 is 10.0 Å². The Morgan fingerprint density at radius 1 is 0.982 bits per heavy atom. The number of pyridine rings is 1. The number of imide groups is 2. The smallest absolute Gasteiger partial charge is 0.278 e. The van der Waals surface area contributed by atoms with E-state index in [-0.39, 0.29) is 30.9 Å². The zero-order valence-electron chi connectivity index (χ0n) is 32.3. The fraction of sp³-hybridized carbons (Fsp3) is 0.381. The fourth-order valence-corrected chi connectivity index (χ4v) is 8.17. The van der Waals surface area contributed by atoms with Gasteiger partial charge in [0, 0.05) is 56.6 Å². The normalized spacial score (nSPS) is 23.4. The molecule has 3 saturated heterocycles. The van der Waals surface area contributed by atoms with E-state index in [2.05, 4.69) is 33.4 Å². The van der Waals surface area contributed by atoms with Crippen LogP contribution in [0.2, 0.25) is 0 Å². The first-order valence-corrected chi connectivity index (χ1v) is 19.4. The number of hydrazine groups is 1. The molecule has 15 heteroatoms. The zero-order valence-corrected chi connectivity index (χ0v) is 32.3. The number of nitrogens with one attached hydrogen (secondary N) is 1. The lowest BCUT2D eigenvalue weighted by atomic mass is 10.0. The molecule has 2 atom stereocenters. The first kappa shape index (κ1) is 39.2. The number of aromatic nitrogens is 1. The van der Waals surface area contributed by atoms with E-state index in [0.29, 0.717) is 65.8 Å². The van der Waals surface area contributed by atoms with Crippen molar-refractivity contribution in [2.24, 2.45) is 9.98 Å². The number of nitrogens with zero attached hydrogens (tertiary/aromatic N) is 8. The number of aliphatic hydroxyl groups is 1. The third-order valence-corrected chi connectivity index (χ3v) is 11.1. The summed E-state index contributed by atoms with van der Waals surface area (Å²) in [7, 11) is 0. The van der Waals surface area contributed by atoms with Gasteiger partial charge in [0.1, 0.15) is 11.6 Å². The van der Waals surface area contributed by atoms with E-state index in [1.807, 2.05) is 56.3 Å². The number of allylic oxidation sites excluding steroid dienone is 1. The molecular formula is C42H47N9O6. The molecule has 2 aromatic rings. The number of carbonyl (C=O) groups excluding carboxylic acids is 5. The molecule has 1 aliphatic carbocycles. The van der Waals surface area contributed by atoms with Gasteiger partial charge in [0.15, 0.2) is 11.7 Å². The van der Waals surface area contributed by atoms with Crippen molar-refractivity contribution >= 4 is 53.6 Å². The van der Waals surface area contributed by atoms with E-state index in [1.165, 1.54) is 11.2 Å². The van der Waals surface area contributed by atoms with Crippen LogP contribution in [0.4, 0.5) is 11.5 Å². The van der Waals surface area contributed by atoms with Crippen molar-refractivity contribution in [1.29, 1.82) is 0 Å². The number of aliphatic hydroxyl groups excluding tert-OH is 1. The van der Waals surface area contributed by atoms with Crippen LogP contribution in [0.15, 0.2) is 93.7 Å². The molecule has 2 unspecified atom stereocenters. The second-order valence-electron chi connectivity index (χ2n) is 14.5. The van der Waals surface area contributed by atoms with Crippen LogP contribution >= 0.6 is 0 Å². The Balaban J connectivity index is 1.01. The third kappa shape index (κ3) is 7.47. The summed E-state index contributed by atoms with van der Waals surface area (Å²) in [4.78, 5) is 84.3. The Labute approximate surface area is 331 Å². The van der Waals surface area contributed by atoms with E-state index < -0.39 is 35.8 Å². The summed E-state index contributed by atoms with van der Waals surface area (Å²) in [6.45, 7) is 14.9. The van der Waals surface area contributed by atoms with Crippen LogP contribution in [-0.4, -0.2) is 117 Å². The topological polar surface area (TPSA) is 171 Å². The molecule has 57 heavy (non-hydrogen) atoms. The van der Waals surface area contributed by atoms with Gasteiger partial charge in [0.25, 0.3) is 17.7 Å². The van der Waals surface area contributed by atoms with Gasteiger partial charge in [-0.05, 0) is 75.1 Å². The number of aliphatic imine (C=N–C) groups is 2. The number of amidine groups is 1. The van der Waals surface area contributed by atoms with Gasteiger partial charge >= 0.3 is 0 Å². The Hall–Kier alpha value is -6.06. The van der Waals surface area contributed by atoms with E-state index in [9.17, 15) is 29.1 Å². The molecule has 5 amide bonds. The maximum absolute atomic E-state index is 13.8. The predicted octanol–water partition coefficient (Wildman–Crippen LogP) is 3.07. The molecule has 2 N–H and O–H groups in total. The lowest BCUT2D eigenvalue weighted by molar-refractivity contribution is -0.150. The lowest BCUT2D eigenvalue weighted by Crippen LogP contribution is -2.55. The maximum atomic E-state index is 13.8. The summed E-state index contributed by atoms with van der Waals surface area (Å²) >= 11 is 0. The molecule has 0 spiro atoms. The van der Waals surface area contributed by atoms with Gasteiger partial charge in [0.05, 0.1) is 29.6 Å². The molecule has 0 bridgehead atoms. The Bertz CT molecular complexity index is 2150. The molecule has 5 aliphatic rings. The van der Waals surface area contributed by atoms with Gasteiger partial charge in [-0.3, -0.25) is 44.1 Å². The molecule has 1 aromatic carbocycles. The average Bonchev–Trinajstić information content (AvgIpc) is 3.79. The van der Waals surface area contributed by atoms with Crippen LogP contribution < -0.4 is 10.3 Å². The number of hydrogen-bond acceptors (Lipinski definition) is 11. The minimum atomic E-state index is -1.00. The quantitative estimate of drug-likeness (QED) is 0.141. The second kappa shape index (κ2) is 16.6. The van der Waals surface area contributed by atoms with Crippen LogP contribution in [0.5, 0.6) is 0 Å². The van der Waals surface area contributed by atoms with E-state index in [1.54, 1.807) is 11.1 Å². The van der Waals surface area contributed by atoms with Crippen molar-refractivity contribution in [2.75, 3.05) is 44.3 Å². The molecule has 296 valence electrons. The Kier molecular flexibility index (Phi) is 11.4. The van der Waals surface area contributed by atoms with Gasteiger partial charge in [-0.1, -0.05) is 37.3 Å². The summed E-state index contributed by atoms with van der Waals surface area (Å²) in [6, 6.07) is 10.6. The van der Waals surface area contributed by atoms with Gasteiger partial charge in [-0.2, -0.15) is 0 Å².